The quantitative estimate of drug-likeness (QED) is 0.799. The lowest BCUT2D eigenvalue weighted by atomic mass is 10.1. The molecule has 0 N–H and O–H groups in total. The van der Waals surface area contributed by atoms with Crippen molar-refractivity contribution in [3.05, 3.63) is 11.9 Å². The fraction of sp³-hybridized carbons (Fsp3) is 0.778. The molecular formula is C18H25F2N5O2. The molecule has 2 saturated heterocycles. The van der Waals surface area contributed by atoms with Crippen molar-refractivity contribution in [2.24, 2.45) is 5.92 Å². The molecule has 4 rings (SSSR count). The van der Waals surface area contributed by atoms with E-state index in [2.05, 4.69) is 10.3 Å². The molecular weight excluding hydrogens is 356 g/mol. The van der Waals surface area contributed by atoms with Crippen molar-refractivity contribution in [2.45, 2.75) is 63.5 Å². The molecule has 0 unspecified atom stereocenters. The number of nitrogens with zero attached hydrogens (tertiary/aromatic N) is 5. The smallest absolute Gasteiger partial charge is 0.276 e. The van der Waals surface area contributed by atoms with Crippen molar-refractivity contribution in [1.29, 1.82) is 0 Å². The Hall–Kier alpha value is -2.06. The molecule has 9 heteroatoms. The number of aromatic nitrogens is 3. The molecule has 7 nitrogen and oxygen atoms in total. The number of hydrogen-bond acceptors (Lipinski definition) is 4. The van der Waals surface area contributed by atoms with Gasteiger partial charge in [-0.05, 0) is 25.7 Å². The van der Waals surface area contributed by atoms with Crippen molar-refractivity contribution in [1.82, 2.24) is 24.8 Å². The first-order valence-corrected chi connectivity index (χ1v) is 9.81. The Kier molecular flexibility index (Phi) is 4.86. The Balaban J connectivity index is 1.45. The van der Waals surface area contributed by atoms with E-state index in [-0.39, 0.29) is 36.4 Å². The number of halogens is 2. The second-order valence-corrected chi connectivity index (χ2v) is 7.99. The standard InChI is InChI=1S/C18H25F2N5O2/c19-18(20)9-14(25(12-18)16(26)13-5-1-2-6-13)10-24-11-15(21-22-24)17(27)23-7-3-4-8-23/h11,13-14H,1-10,12H2/t14-/m0/s1. The summed E-state index contributed by atoms with van der Waals surface area (Å²) in [5.74, 6) is -3.35. The van der Waals surface area contributed by atoms with E-state index in [1.807, 2.05) is 0 Å². The first-order valence-electron chi connectivity index (χ1n) is 9.81. The fourth-order valence-electron chi connectivity index (χ4n) is 4.51. The van der Waals surface area contributed by atoms with Crippen LogP contribution in [0.4, 0.5) is 8.78 Å². The predicted molar refractivity (Wildman–Crippen MR) is 92.2 cm³/mol. The van der Waals surface area contributed by atoms with Crippen molar-refractivity contribution in [3.63, 3.8) is 0 Å². The minimum absolute atomic E-state index is 0.133. The Morgan fingerprint density at radius 1 is 1.15 bits per heavy atom. The van der Waals surface area contributed by atoms with Crippen LogP contribution in [0.3, 0.4) is 0 Å². The topological polar surface area (TPSA) is 71.3 Å². The zero-order chi connectivity index (χ0) is 19.0. The molecule has 148 valence electrons. The van der Waals surface area contributed by atoms with Crippen molar-refractivity contribution >= 4 is 11.8 Å². The van der Waals surface area contributed by atoms with Gasteiger partial charge in [-0.15, -0.1) is 5.10 Å². The van der Waals surface area contributed by atoms with E-state index in [0.29, 0.717) is 13.1 Å². The lowest BCUT2D eigenvalue weighted by Gasteiger charge is -2.26. The summed E-state index contributed by atoms with van der Waals surface area (Å²) in [4.78, 5) is 28.1. The third-order valence-electron chi connectivity index (χ3n) is 5.91. The highest BCUT2D eigenvalue weighted by Gasteiger charge is 2.48. The molecule has 1 saturated carbocycles. The highest BCUT2D eigenvalue weighted by molar-refractivity contribution is 5.92. The van der Waals surface area contributed by atoms with Gasteiger partial charge in [0.15, 0.2) is 5.69 Å². The first kappa shape index (κ1) is 18.3. The molecule has 0 spiro atoms. The Bertz CT molecular complexity index is 710. The molecule has 1 atom stereocenters. The molecule has 1 aromatic heterocycles. The van der Waals surface area contributed by atoms with E-state index < -0.39 is 18.5 Å². The monoisotopic (exact) mass is 381 g/mol. The van der Waals surface area contributed by atoms with Crippen LogP contribution in [-0.2, 0) is 11.3 Å². The van der Waals surface area contributed by atoms with Gasteiger partial charge in [-0.3, -0.25) is 9.59 Å². The molecule has 1 aliphatic carbocycles. The van der Waals surface area contributed by atoms with Crippen molar-refractivity contribution < 1.29 is 18.4 Å². The van der Waals surface area contributed by atoms with Crippen LogP contribution in [0.1, 0.15) is 55.4 Å². The summed E-state index contributed by atoms with van der Waals surface area (Å²) in [6, 6.07) is -0.621. The lowest BCUT2D eigenvalue weighted by molar-refractivity contribution is -0.137. The number of alkyl halides is 2. The summed E-state index contributed by atoms with van der Waals surface area (Å²) in [6.45, 7) is 1.03. The molecule has 3 fully saturated rings. The molecule has 3 aliphatic rings. The van der Waals surface area contributed by atoms with Gasteiger partial charge >= 0.3 is 0 Å². The van der Waals surface area contributed by atoms with Crippen LogP contribution in [0.2, 0.25) is 0 Å². The lowest BCUT2D eigenvalue weighted by Crippen LogP contribution is -2.41. The summed E-state index contributed by atoms with van der Waals surface area (Å²) < 4.78 is 29.5. The maximum absolute atomic E-state index is 14.0. The second-order valence-electron chi connectivity index (χ2n) is 7.99. The highest BCUT2D eigenvalue weighted by Crippen LogP contribution is 2.36. The van der Waals surface area contributed by atoms with Gasteiger partial charge < -0.3 is 9.80 Å². The molecule has 2 amide bonds. The minimum atomic E-state index is -2.88. The van der Waals surface area contributed by atoms with Gasteiger partial charge in [0, 0.05) is 25.4 Å². The summed E-state index contributed by atoms with van der Waals surface area (Å²) in [5.41, 5.74) is 0.232. The third-order valence-corrected chi connectivity index (χ3v) is 5.91. The number of hydrogen-bond donors (Lipinski definition) is 0. The summed E-state index contributed by atoms with van der Waals surface area (Å²) in [6.07, 6.45) is 6.63. The Labute approximate surface area is 156 Å². The molecule has 1 aromatic rings. The predicted octanol–water partition coefficient (Wildman–Crippen LogP) is 1.94. The fourth-order valence-corrected chi connectivity index (χ4v) is 4.51. The third kappa shape index (κ3) is 3.82. The summed E-state index contributed by atoms with van der Waals surface area (Å²) in [5, 5.41) is 7.86. The van der Waals surface area contributed by atoms with E-state index in [4.69, 9.17) is 0 Å². The van der Waals surface area contributed by atoms with E-state index in [1.165, 1.54) is 15.8 Å². The van der Waals surface area contributed by atoms with Gasteiger partial charge in [0.2, 0.25) is 5.91 Å². The van der Waals surface area contributed by atoms with Crippen molar-refractivity contribution in [3.8, 4) is 0 Å². The number of carbonyl (C=O) groups excluding carboxylic acids is 2. The number of amides is 2. The molecule has 27 heavy (non-hydrogen) atoms. The second kappa shape index (κ2) is 7.16. The van der Waals surface area contributed by atoms with E-state index in [9.17, 15) is 18.4 Å². The average Bonchev–Trinajstić information content (AvgIpc) is 3.41. The first-order chi connectivity index (χ1) is 12.9. The molecule has 0 radical (unpaired) electrons. The van der Waals surface area contributed by atoms with Crippen LogP contribution in [0, 0.1) is 5.92 Å². The van der Waals surface area contributed by atoms with E-state index in [1.54, 1.807) is 4.90 Å². The van der Waals surface area contributed by atoms with Crippen LogP contribution in [0.15, 0.2) is 6.20 Å². The van der Waals surface area contributed by atoms with Gasteiger partial charge in [-0.25, -0.2) is 13.5 Å². The number of likely N-dealkylation sites (tertiary alicyclic amines) is 2. The van der Waals surface area contributed by atoms with Crippen LogP contribution >= 0.6 is 0 Å². The SMILES string of the molecule is O=C(c1cn(C[C@@H]2CC(F)(F)CN2C(=O)C2CCCC2)nn1)N1CCCC1. The van der Waals surface area contributed by atoms with Gasteiger partial charge in [0.1, 0.15) is 0 Å². The number of rotatable bonds is 4. The van der Waals surface area contributed by atoms with E-state index >= 15 is 0 Å². The normalized spacial score (nSPS) is 25.5. The van der Waals surface area contributed by atoms with Crippen molar-refractivity contribution in [2.75, 3.05) is 19.6 Å². The average molecular weight is 381 g/mol. The van der Waals surface area contributed by atoms with Crippen LogP contribution in [0.5, 0.6) is 0 Å². The van der Waals surface area contributed by atoms with Gasteiger partial charge in [-0.2, -0.15) is 0 Å². The molecule has 0 aromatic carbocycles. The van der Waals surface area contributed by atoms with Crippen LogP contribution in [0.25, 0.3) is 0 Å². The Morgan fingerprint density at radius 2 is 1.85 bits per heavy atom. The zero-order valence-electron chi connectivity index (χ0n) is 15.3. The molecule has 0 bridgehead atoms. The maximum atomic E-state index is 14.0. The Morgan fingerprint density at radius 3 is 2.56 bits per heavy atom. The highest BCUT2D eigenvalue weighted by atomic mass is 19.3. The largest absolute Gasteiger partial charge is 0.337 e. The zero-order valence-corrected chi connectivity index (χ0v) is 15.3. The summed E-state index contributed by atoms with van der Waals surface area (Å²) >= 11 is 0. The van der Waals surface area contributed by atoms with Gasteiger partial charge in [0.05, 0.1) is 25.3 Å². The van der Waals surface area contributed by atoms with Crippen LogP contribution < -0.4 is 0 Å². The maximum Gasteiger partial charge on any atom is 0.276 e. The van der Waals surface area contributed by atoms with Gasteiger partial charge in [-0.1, -0.05) is 18.1 Å². The molecule has 2 aliphatic heterocycles. The van der Waals surface area contributed by atoms with Crippen LogP contribution in [-0.4, -0.2) is 68.2 Å². The van der Waals surface area contributed by atoms with Gasteiger partial charge in [0.25, 0.3) is 11.8 Å². The summed E-state index contributed by atoms with van der Waals surface area (Å²) in [7, 11) is 0. The van der Waals surface area contributed by atoms with E-state index in [0.717, 1.165) is 38.5 Å². The molecule has 3 heterocycles. The number of carbonyl (C=O) groups is 2. The minimum Gasteiger partial charge on any atom is -0.337 e.